The maximum absolute atomic E-state index is 14.8. The molecular formula is C23H34F4N4O6S. The quantitative estimate of drug-likeness (QED) is 0.180. The summed E-state index contributed by atoms with van der Waals surface area (Å²) in [5.74, 6) is -1.51. The van der Waals surface area contributed by atoms with Crippen LogP contribution in [-0.4, -0.2) is 106 Å². The Bertz CT molecular complexity index is 1040. The number of nitrogens with zero attached hydrogens (tertiary/aromatic N) is 3. The van der Waals surface area contributed by atoms with Gasteiger partial charge in [0.25, 0.3) is 5.91 Å². The molecule has 0 radical (unpaired) electrons. The minimum atomic E-state index is -4.28. The van der Waals surface area contributed by atoms with Crippen LogP contribution in [0, 0.1) is 5.82 Å². The second-order valence-electron chi connectivity index (χ2n) is 9.34. The minimum absolute atomic E-state index is 0.00468. The molecule has 2 saturated heterocycles. The fourth-order valence-corrected chi connectivity index (χ4v) is 6.89. The number of likely N-dealkylation sites (tertiary alicyclic amines) is 1. The monoisotopic (exact) mass is 570 g/mol. The maximum atomic E-state index is 14.8. The van der Waals surface area contributed by atoms with E-state index in [0.717, 1.165) is 6.07 Å². The highest BCUT2D eigenvalue weighted by molar-refractivity contribution is 7.91. The molecule has 2 aliphatic heterocycles. The lowest BCUT2D eigenvalue weighted by molar-refractivity contribution is -0.136. The standard InChI is InChI=1S/C23H34F4N4O6S/c1-36-16-14-29-8-6-22(7-9-29,21(32)28-33)38(34,35)31-12-10-30(11-13-31)20-4-3-18(17-19(20)24)37-15-2-5-23(25,26)27/h3-4,17,33H,2,5-16H2,1H3,(H,28,32). The van der Waals surface area contributed by atoms with E-state index in [1.54, 1.807) is 12.0 Å². The van der Waals surface area contributed by atoms with Crippen LogP contribution in [0.15, 0.2) is 18.2 Å². The summed E-state index contributed by atoms with van der Waals surface area (Å²) in [7, 11) is -2.60. The van der Waals surface area contributed by atoms with Gasteiger partial charge < -0.3 is 19.3 Å². The van der Waals surface area contributed by atoms with Gasteiger partial charge in [-0.05, 0) is 31.4 Å². The van der Waals surface area contributed by atoms with Crippen LogP contribution in [0.3, 0.4) is 0 Å². The van der Waals surface area contributed by atoms with Gasteiger partial charge in [-0.3, -0.25) is 10.0 Å². The van der Waals surface area contributed by atoms with Crippen LogP contribution < -0.4 is 15.1 Å². The molecule has 15 heteroatoms. The summed E-state index contributed by atoms with van der Waals surface area (Å²) in [5.41, 5.74) is 1.74. The number of methoxy groups -OCH3 is 1. The average Bonchev–Trinajstić information content (AvgIpc) is 2.89. The van der Waals surface area contributed by atoms with Crippen molar-refractivity contribution in [3.8, 4) is 5.75 Å². The van der Waals surface area contributed by atoms with Crippen LogP contribution in [-0.2, 0) is 19.6 Å². The van der Waals surface area contributed by atoms with Gasteiger partial charge >= 0.3 is 6.18 Å². The van der Waals surface area contributed by atoms with Crippen molar-refractivity contribution in [1.82, 2.24) is 14.7 Å². The third-order valence-corrected chi connectivity index (χ3v) is 9.62. The van der Waals surface area contributed by atoms with E-state index < -0.39 is 39.1 Å². The van der Waals surface area contributed by atoms with E-state index in [1.807, 2.05) is 4.90 Å². The molecular weight excluding hydrogens is 536 g/mol. The summed E-state index contributed by atoms with van der Waals surface area (Å²) in [6.07, 6.45) is -5.51. The summed E-state index contributed by atoms with van der Waals surface area (Å²) in [4.78, 5) is 16.3. The number of rotatable bonds is 11. The number of benzene rings is 1. The third-order valence-electron chi connectivity index (χ3n) is 7.00. The summed E-state index contributed by atoms with van der Waals surface area (Å²) >= 11 is 0. The van der Waals surface area contributed by atoms with Crippen molar-refractivity contribution in [1.29, 1.82) is 0 Å². The number of alkyl halides is 3. The Morgan fingerprint density at radius 2 is 1.76 bits per heavy atom. The molecule has 2 N–H and O–H groups in total. The zero-order valence-electron chi connectivity index (χ0n) is 21.2. The van der Waals surface area contributed by atoms with E-state index in [1.165, 1.54) is 21.9 Å². The number of ether oxygens (including phenoxy) is 2. The number of amides is 1. The number of carbonyl (C=O) groups excluding carboxylic acids is 1. The highest BCUT2D eigenvalue weighted by Crippen LogP contribution is 2.35. The van der Waals surface area contributed by atoms with Gasteiger partial charge in [-0.2, -0.15) is 17.5 Å². The van der Waals surface area contributed by atoms with Gasteiger partial charge in [0.15, 0.2) is 4.75 Å². The Morgan fingerprint density at radius 1 is 1.11 bits per heavy atom. The van der Waals surface area contributed by atoms with E-state index >= 15 is 0 Å². The van der Waals surface area contributed by atoms with Crippen molar-refractivity contribution in [2.24, 2.45) is 0 Å². The van der Waals surface area contributed by atoms with Gasteiger partial charge in [-0.1, -0.05) is 0 Å². The number of sulfonamides is 1. The van der Waals surface area contributed by atoms with Crippen molar-refractivity contribution < 1.29 is 45.5 Å². The highest BCUT2D eigenvalue weighted by atomic mass is 32.2. The lowest BCUT2D eigenvalue weighted by Crippen LogP contribution is -2.63. The molecule has 0 bridgehead atoms. The second-order valence-corrected chi connectivity index (χ2v) is 11.6. The average molecular weight is 571 g/mol. The molecule has 0 spiro atoms. The Labute approximate surface area is 219 Å². The number of hydrogen-bond donors (Lipinski definition) is 2. The number of piperazine rings is 1. The Balaban J connectivity index is 1.62. The Kier molecular flexibility index (Phi) is 10.2. The lowest BCUT2D eigenvalue weighted by Gasteiger charge is -2.44. The summed E-state index contributed by atoms with van der Waals surface area (Å²) in [6.45, 7) is 1.85. The van der Waals surface area contributed by atoms with Gasteiger partial charge in [0.05, 0.1) is 18.9 Å². The van der Waals surface area contributed by atoms with E-state index in [-0.39, 0.29) is 63.5 Å². The van der Waals surface area contributed by atoms with Crippen LogP contribution in [0.4, 0.5) is 23.2 Å². The molecule has 0 unspecified atom stereocenters. The normalized spacial score (nSPS) is 19.4. The predicted octanol–water partition coefficient (Wildman–Crippen LogP) is 1.99. The SMILES string of the molecule is COCCN1CCC(C(=O)NO)(S(=O)(=O)N2CCN(c3ccc(OCCCC(F)(F)F)cc3F)CC2)CC1. The smallest absolute Gasteiger partial charge is 0.389 e. The summed E-state index contributed by atoms with van der Waals surface area (Å²) in [5, 5.41) is 9.34. The van der Waals surface area contributed by atoms with Gasteiger partial charge in [-0.15, -0.1) is 0 Å². The summed E-state index contributed by atoms with van der Waals surface area (Å²) < 4.78 is 88.5. The molecule has 0 aromatic heterocycles. The van der Waals surface area contributed by atoms with Crippen molar-refractivity contribution in [2.45, 2.75) is 36.6 Å². The molecule has 38 heavy (non-hydrogen) atoms. The molecule has 10 nitrogen and oxygen atoms in total. The van der Waals surface area contributed by atoms with Crippen LogP contribution in [0.25, 0.3) is 0 Å². The molecule has 0 atom stereocenters. The van der Waals surface area contributed by atoms with E-state index in [0.29, 0.717) is 26.2 Å². The molecule has 1 aromatic rings. The van der Waals surface area contributed by atoms with Crippen LogP contribution >= 0.6 is 0 Å². The summed E-state index contributed by atoms with van der Waals surface area (Å²) in [6, 6.07) is 3.98. The molecule has 1 aromatic carbocycles. The molecule has 1 amide bonds. The Morgan fingerprint density at radius 3 is 2.32 bits per heavy atom. The molecule has 2 heterocycles. The van der Waals surface area contributed by atoms with Crippen LogP contribution in [0.1, 0.15) is 25.7 Å². The lowest BCUT2D eigenvalue weighted by atomic mass is 9.95. The zero-order chi connectivity index (χ0) is 28.0. The fraction of sp³-hybridized carbons (Fsp3) is 0.696. The molecule has 2 fully saturated rings. The maximum Gasteiger partial charge on any atom is 0.389 e. The van der Waals surface area contributed by atoms with Crippen molar-refractivity contribution in [2.75, 3.05) is 71.0 Å². The first-order chi connectivity index (χ1) is 17.9. The largest absolute Gasteiger partial charge is 0.493 e. The van der Waals surface area contributed by atoms with Crippen molar-refractivity contribution >= 4 is 21.6 Å². The minimum Gasteiger partial charge on any atom is -0.493 e. The first-order valence-electron chi connectivity index (χ1n) is 12.3. The number of carbonyl (C=O) groups is 1. The number of halogens is 4. The number of hydroxylamine groups is 1. The van der Waals surface area contributed by atoms with Gasteiger partial charge in [0.2, 0.25) is 10.0 Å². The van der Waals surface area contributed by atoms with Gasteiger partial charge in [-0.25, -0.2) is 18.3 Å². The van der Waals surface area contributed by atoms with E-state index in [2.05, 4.69) is 0 Å². The van der Waals surface area contributed by atoms with Crippen LogP contribution in [0.5, 0.6) is 5.75 Å². The van der Waals surface area contributed by atoms with Crippen LogP contribution in [0.2, 0.25) is 0 Å². The van der Waals surface area contributed by atoms with E-state index in [4.69, 9.17) is 9.47 Å². The Hall–Kier alpha value is -2.20. The highest BCUT2D eigenvalue weighted by Gasteiger charge is 2.55. The molecule has 0 aliphatic carbocycles. The van der Waals surface area contributed by atoms with Gasteiger partial charge in [0, 0.05) is 65.4 Å². The predicted molar refractivity (Wildman–Crippen MR) is 130 cm³/mol. The van der Waals surface area contributed by atoms with Crippen molar-refractivity contribution in [3.05, 3.63) is 24.0 Å². The third kappa shape index (κ3) is 7.05. The molecule has 3 rings (SSSR count). The number of nitrogens with one attached hydrogen (secondary N) is 1. The number of piperidine rings is 1. The number of anilines is 1. The number of hydrogen-bond acceptors (Lipinski definition) is 8. The topological polar surface area (TPSA) is 112 Å². The zero-order valence-corrected chi connectivity index (χ0v) is 22.0. The van der Waals surface area contributed by atoms with Gasteiger partial charge in [0.1, 0.15) is 11.6 Å². The van der Waals surface area contributed by atoms with Crippen molar-refractivity contribution in [3.63, 3.8) is 0 Å². The first kappa shape index (κ1) is 30.3. The van der Waals surface area contributed by atoms with E-state index in [9.17, 15) is 36.0 Å². The first-order valence-corrected chi connectivity index (χ1v) is 13.8. The molecule has 216 valence electrons. The second kappa shape index (κ2) is 12.8. The molecule has 2 aliphatic rings. The fourth-order valence-electron chi connectivity index (χ4n) is 4.78. The molecule has 0 saturated carbocycles.